The van der Waals surface area contributed by atoms with Crippen LogP contribution in [-0.4, -0.2) is 36.1 Å². The number of anilines is 1. The molecule has 110 valence electrons. The Morgan fingerprint density at radius 1 is 0.905 bits per heavy atom. The zero-order valence-electron chi connectivity index (χ0n) is 11.7. The smallest absolute Gasteiger partial charge is 0.135 e. The lowest BCUT2D eigenvalue weighted by Crippen LogP contribution is -2.46. The monoisotopic (exact) mass is 321 g/mol. The van der Waals surface area contributed by atoms with Gasteiger partial charge in [-0.05, 0) is 18.2 Å². The van der Waals surface area contributed by atoms with Gasteiger partial charge in [0.05, 0.1) is 0 Å². The number of benzene rings is 1. The largest absolute Gasteiger partial charge is 0.369 e. The molecular formula is C16H17Cl2N3. The maximum atomic E-state index is 6.14. The van der Waals surface area contributed by atoms with Crippen LogP contribution < -0.4 is 4.90 Å². The van der Waals surface area contributed by atoms with Crippen LogP contribution in [0.5, 0.6) is 0 Å². The Hall–Kier alpha value is -1.29. The highest BCUT2D eigenvalue weighted by Crippen LogP contribution is 2.20. The molecule has 1 saturated heterocycles. The van der Waals surface area contributed by atoms with Crippen LogP contribution in [0, 0.1) is 0 Å². The van der Waals surface area contributed by atoms with Crippen molar-refractivity contribution in [3.8, 4) is 0 Å². The van der Waals surface area contributed by atoms with E-state index in [0.717, 1.165) is 38.3 Å². The van der Waals surface area contributed by atoms with E-state index < -0.39 is 0 Å². The summed E-state index contributed by atoms with van der Waals surface area (Å²) in [5.74, 6) is 0. The lowest BCUT2D eigenvalue weighted by atomic mass is 10.2. The van der Waals surface area contributed by atoms with Crippen molar-refractivity contribution < 1.29 is 0 Å². The quantitative estimate of drug-likeness (QED) is 0.803. The van der Waals surface area contributed by atoms with Crippen LogP contribution in [0.3, 0.4) is 0 Å². The van der Waals surface area contributed by atoms with Gasteiger partial charge >= 0.3 is 0 Å². The summed E-state index contributed by atoms with van der Waals surface area (Å²) in [6.45, 7) is 4.93. The molecule has 0 amide bonds. The van der Waals surface area contributed by atoms with Gasteiger partial charge in [0, 0.05) is 44.0 Å². The number of pyridine rings is 1. The van der Waals surface area contributed by atoms with Crippen molar-refractivity contribution in [3.05, 3.63) is 58.3 Å². The van der Waals surface area contributed by atoms with Gasteiger partial charge in [-0.2, -0.15) is 0 Å². The second-order valence-electron chi connectivity index (χ2n) is 5.18. The molecule has 0 saturated carbocycles. The maximum Gasteiger partial charge on any atom is 0.135 e. The van der Waals surface area contributed by atoms with Crippen LogP contribution >= 0.6 is 23.2 Å². The molecule has 0 N–H and O–H groups in total. The molecule has 1 aliphatic heterocycles. The predicted octanol–water partition coefficient (Wildman–Crippen LogP) is 3.71. The van der Waals surface area contributed by atoms with Crippen molar-refractivity contribution in [1.29, 1.82) is 0 Å². The maximum absolute atomic E-state index is 6.14. The van der Waals surface area contributed by atoms with Crippen LogP contribution in [0.25, 0.3) is 0 Å². The van der Waals surface area contributed by atoms with Crippen LogP contribution in [0.4, 0.5) is 5.69 Å². The van der Waals surface area contributed by atoms with Crippen LogP contribution in [0.15, 0.2) is 42.5 Å². The third-order valence-corrected chi connectivity index (χ3v) is 4.32. The third kappa shape index (κ3) is 3.67. The molecule has 0 aliphatic carbocycles. The van der Waals surface area contributed by atoms with Crippen molar-refractivity contribution in [3.63, 3.8) is 0 Å². The highest BCUT2D eigenvalue weighted by atomic mass is 35.5. The van der Waals surface area contributed by atoms with E-state index >= 15 is 0 Å². The number of nitrogens with zero attached hydrogens (tertiary/aromatic N) is 3. The lowest BCUT2D eigenvalue weighted by Gasteiger charge is -2.36. The average Bonchev–Trinajstić information content (AvgIpc) is 2.52. The second kappa shape index (κ2) is 6.65. The molecule has 5 heteroatoms. The molecule has 1 aromatic carbocycles. The van der Waals surface area contributed by atoms with Gasteiger partial charge in [-0.25, -0.2) is 4.98 Å². The van der Waals surface area contributed by atoms with Crippen LogP contribution in [0.2, 0.25) is 10.3 Å². The van der Waals surface area contributed by atoms with E-state index in [9.17, 15) is 0 Å². The summed E-state index contributed by atoms with van der Waals surface area (Å²) in [6.07, 6.45) is 0. The number of aromatic nitrogens is 1. The van der Waals surface area contributed by atoms with Gasteiger partial charge in [0.2, 0.25) is 0 Å². The summed E-state index contributed by atoms with van der Waals surface area (Å²) < 4.78 is 0. The zero-order chi connectivity index (χ0) is 14.7. The average molecular weight is 322 g/mol. The molecule has 0 radical (unpaired) electrons. The Morgan fingerprint density at radius 3 is 2.29 bits per heavy atom. The highest BCUT2D eigenvalue weighted by Gasteiger charge is 2.18. The molecule has 2 aromatic rings. The Balaban J connectivity index is 1.59. The van der Waals surface area contributed by atoms with E-state index in [1.54, 1.807) is 6.07 Å². The standard InChI is InChI=1S/C16H17Cl2N3/c17-15-7-6-13(16(18)19-15)12-20-8-10-21(11-9-20)14-4-2-1-3-5-14/h1-7H,8-12H2. The van der Waals surface area contributed by atoms with Gasteiger partial charge in [0.15, 0.2) is 0 Å². The first kappa shape index (κ1) is 14.6. The van der Waals surface area contributed by atoms with Gasteiger partial charge in [-0.3, -0.25) is 4.90 Å². The molecule has 0 unspecified atom stereocenters. The van der Waals surface area contributed by atoms with Gasteiger partial charge in [-0.15, -0.1) is 0 Å². The number of hydrogen-bond acceptors (Lipinski definition) is 3. The molecule has 0 atom stereocenters. The highest BCUT2D eigenvalue weighted by molar-refractivity contribution is 6.32. The second-order valence-corrected chi connectivity index (χ2v) is 5.93. The molecule has 3 nitrogen and oxygen atoms in total. The van der Waals surface area contributed by atoms with Crippen molar-refractivity contribution in [1.82, 2.24) is 9.88 Å². The van der Waals surface area contributed by atoms with Crippen molar-refractivity contribution in [2.24, 2.45) is 0 Å². The molecule has 1 aromatic heterocycles. The van der Waals surface area contributed by atoms with E-state index in [-0.39, 0.29) is 0 Å². The number of rotatable bonds is 3. The van der Waals surface area contributed by atoms with Crippen LogP contribution in [-0.2, 0) is 6.54 Å². The molecular weight excluding hydrogens is 305 g/mol. The van der Waals surface area contributed by atoms with E-state index in [1.165, 1.54) is 5.69 Å². The predicted molar refractivity (Wildman–Crippen MR) is 88.2 cm³/mol. The van der Waals surface area contributed by atoms with E-state index in [1.807, 2.05) is 6.07 Å². The minimum Gasteiger partial charge on any atom is -0.369 e. The fourth-order valence-electron chi connectivity index (χ4n) is 2.60. The van der Waals surface area contributed by atoms with Crippen molar-refractivity contribution >= 4 is 28.9 Å². The van der Waals surface area contributed by atoms with E-state index in [4.69, 9.17) is 23.2 Å². The molecule has 1 fully saturated rings. The number of para-hydroxylation sites is 1. The first-order valence-corrected chi connectivity index (χ1v) is 7.81. The topological polar surface area (TPSA) is 19.4 Å². The zero-order valence-corrected chi connectivity index (χ0v) is 13.2. The summed E-state index contributed by atoms with van der Waals surface area (Å²) in [6, 6.07) is 14.3. The van der Waals surface area contributed by atoms with Crippen molar-refractivity contribution in [2.45, 2.75) is 6.54 Å². The normalized spacial score (nSPS) is 16.2. The molecule has 2 heterocycles. The number of hydrogen-bond donors (Lipinski definition) is 0. The SMILES string of the molecule is Clc1ccc(CN2CCN(c3ccccc3)CC2)c(Cl)n1. The number of halogens is 2. The fourth-order valence-corrected chi connectivity index (χ4v) is 3.01. The summed E-state index contributed by atoms with van der Waals surface area (Å²) in [4.78, 5) is 8.91. The molecule has 21 heavy (non-hydrogen) atoms. The Labute approximate surface area is 135 Å². The number of piperazine rings is 1. The summed E-state index contributed by atoms with van der Waals surface area (Å²) in [7, 11) is 0. The Morgan fingerprint density at radius 2 is 1.62 bits per heavy atom. The minimum absolute atomic E-state index is 0.442. The Kier molecular flexibility index (Phi) is 4.63. The Bertz CT molecular complexity index is 596. The van der Waals surface area contributed by atoms with Gasteiger partial charge in [0.25, 0.3) is 0 Å². The van der Waals surface area contributed by atoms with Gasteiger partial charge in [-0.1, -0.05) is 47.5 Å². The third-order valence-electron chi connectivity index (χ3n) is 3.78. The van der Waals surface area contributed by atoms with Crippen LogP contribution in [0.1, 0.15) is 5.56 Å². The van der Waals surface area contributed by atoms with Crippen molar-refractivity contribution in [2.75, 3.05) is 31.1 Å². The summed E-state index contributed by atoms with van der Waals surface area (Å²) >= 11 is 12.0. The van der Waals surface area contributed by atoms with E-state index in [0.29, 0.717) is 10.3 Å². The summed E-state index contributed by atoms with van der Waals surface area (Å²) in [5.41, 5.74) is 2.33. The first-order valence-electron chi connectivity index (χ1n) is 7.05. The van der Waals surface area contributed by atoms with Gasteiger partial charge < -0.3 is 4.90 Å². The molecule has 3 rings (SSSR count). The first-order chi connectivity index (χ1) is 10.2. The molecule has 0 spiro atoms. The molecule has 1 aliphatic rings. The lowest BCUT2D eigenvalue weighted by molar-refractivity contribution is 0.249. The molecule has 0 bridgehead atoms. The summed E-state index contributed by atoms with van der Waals surface area (Å²) in [5, 5.41) is 0.950. The van der Waals surface area contributed by atoms with Gasteiger partial charge in [0.1, 0.15) is 10.3 Å². The minimum atomic E-state index is 0.442. The fraction of sp³-hybridized carbons (Fsp3) is 0.312. The van der Waals surface area contributed by atoms with E-state index in [2.05, 4.69) is 45.1 Å².